The summed E-state index contributed by atoms with van der Waals surface area (Å²) in [6.45, 7) is 0. The molecule has 2 nitrogen and oxygen atoms in total. The van der Waals surface area contributed by atoms with Crippen molar-refractivity contribution in [2.24, 2.45) is 0 Å². The number of benzene rings is 2. The van der Waals surface area contributed by atoms with Crippen LogP contribution in [-0.4, -0.2) is 17.0 Å². The first-order valence-corrected chi connectivity index (χ1v) is 8.46. The lowest BCUT2D eigenvalue weighted by Crippen LogP contribution is -2.06. The SMILES string of the molecule is FC(F)(F)CCCS.Oc1cccc(-c2cccc3cc(Cl)oc23)c1. The second kappa shape index (κ2) is 8.54. The molecule has 1 heterocycles. The van der Waals surface area contributed by atoms with E-state index in [1.54, 1.807) is 24.3 Å². The third-order valence-corrected chi connectivity index (χ3v) is 3.79. The fraction of sp³-hybridized carbons (Fsp3) is 0.222. The summed E-state index contributed by atoms with van der Waals surface area (Å²) < 4.78 is 39.1. The van der Waals surface area contributed by atoms with Gasteiger partial charge in [-0.05, 0) is 41.5 Å². The highest BCUT2D eigenvalue weighted by Crippen LogP contribution is 2.33. The van der Waals surface area contributed by atoms with E-state index in [1.165, 1.54) is 0 Å². The van der Waals surface area contributed by atoms with Gasteiger partial charge in [-0.3, -0.25) is 0 Å². The van der Waals surface area contributed by atoms with E-state index >= 15 is 0 Å². The normalized spacial score (nSPS) is 11.2. The highest BCUT2D eigenvalue weighted by atomic mass is 35.5. The second-order valence-electron chi connectivity index (χ2n) is 5.27. The Balaban J connectivity index is 0.000000242. The van der Waals surface area contributed by atoms with Crippen molar-refractivity contribution < 1.29 is 22.7 Å². The fourth-order valence-electron chi connectivity index (χ4n) is 2.21. The molecular weight excluding hydrogens is 373 g/mol. The highest BCUT2D eigenvalue weighted by Gasteiger charge is 2.25. The molecule has 0 atom stereocenters. The molecule has 0 saturated carbocycles. The number of halogens is 4. The third-order valence-electron chi connectivity index (χ3n) is 3.29. The molecule has 0 bridgehead atoms. The van der Waals surface area contributed by atoms with Crippen molar-refractivity contribution in [2.75, 3.05) is 5.75 Å². The van der Waals surface area contributed by atoms with Gasteiger partial charge in [-0.1, -0.05) is 30.3 Å². The smallest absolute Gasteiger partial charge is 0.389 e. The Morgan fingerprint density at radius 2 is 1.80 bits per heavy atom. The molecule has 134 valence electrons. The van der Waals surface area contributed by atoms with Crippen LogP contribution in [0.25, 0.3) is 22.1 Å². The van der Waals surface area contributed by atoms with Crippen molar-refractivity contribution >= 4 is 35.2 Å². The van der Waals surface area contributed by atoms with Crippen molar-refractivity contribution in [3.8, 4) is 16.9 Å². The van der Waals surface area contributed by atoms with Crippen molar-refractivity contribution in [3.05, 3.63) is 53.8 Å². The van der Waals surface area contributed by atoms with Crippen LogP contribution in [0.4, 0.5) is 13.2 Å². The third kappa shape index (κ3) is 5.90. The Morgan fingerprint density at radius 1 is 1.08 bits per heavy atom. The second-order valence-corrected chi connectivity index (χ2v) is 6.09. The summed E-state index contributed by atoms with van der Waals surface area (Å²) in [5, 5.41) is 10.8. The predicted molar refractivity (Wildman–Crippen MR) is 97.5 cm³/mol. The van der Waals surface area contributed by atoms with Gasteiger partial charge >= 0.3 is 6.18 Å². The summed E-state index contributed by atoms with van der Waals surface area (Å²) >= 11 is 9.49. The molecule has 0 aliphatic heterocycles. The van der Waals surface area contributed by atoms with Gasteiger partial charge in [0.1, 0.15) is 11.3 Å². The average Bonchev–Trinajstić information content (AvgIpc) is 2.93. The number of hydrogen-bond acceptors (Lipinski definition) is 3. The van der Waals surface area contributed by atoms with Crippen LogP contribution in [0.5, 0.6) is 5.75 Å². The molecule has 0 aliphatic carbocycles. The number of aromatic hydroxyl groups is 1. The quantitative estimate of drug-likeness (QED) is 0.488. The Morgan fingerprint density at radius 3 is 2.40 bits per heavy atom. The first-order valence-electron chi connectivity index (χ1n) is 7.45. The number of thiol groups is 1. The number of para-hydroxylation sites is 1. The molecule has 0 spiro atoms. The average molecular weight is 389 g/mol. The molecule has 3 aromatic rings. The molecule has 1 aromatic heterocycles. The fourth-order valence-corrected chi connectivity index (χ4v) is 2.56. The molecule has 0 aliphatic rings. The molecular formula is C18H16ClF3O2S. The van der Waals surface area contributed by atoms with Crippen LogP contribution in [0, 0.1) is 0 Å². The van der Waals surface area contributed by atoms with Crippen molar-refractivity contribution in [1.29, 1.82) is 0 Å². The number of fused-ring (bicyclic) bond motifs is 1. The van der Waals surface area contributed by atoms with E-state index in [9.17, 15) is 18.3 Å². The zero-order valence-electron chi connectivity index (χ0n) is 13.1. The summed E-state index contributed by atoms with van der Waals surface area (Å²) in [6.07, 6.45) is -4.59. The van der Waals surface area contributed by atoms with Crippen LogP contribution in [0.2, 0.25) is 5.22 Å². The Bertz CT molecular complexity index is 831. The van der Waals surface area contributed by atoms with Crippen LogP contribution in [0.15, 0.2) is 52.9 Å². The number of rotatable bonds is 3. The maximum absolute atomic E-state index is 11.2. The standard InChI is InChI=1S/C14H9ClO2.C4H7F3S/c15-13-8-10-4-2-6-12(14(10)17-13)9-3-1-5-11(16)7-9;5-4(6,7)2-1-3-8/h1-8,16H;8H,1-3H2. The zero-order valence-corrected chi connectivity index (χ0v) is 14.7. The predicted octanol–water partition coefficient (Wildman–Crippen LogP) is 6.72. The minimum atomic E-state index is -4.00. The van der Waals surface area contributed by atoms with E-state index in [4.69, 9.17) is 16.0 Å². The van der Waals surface area contributed by atoms with Crippen molar-refractivity contribution in [3.63, 3.8) is 0 Å². The van der Waals surface area contributed by atoms with E-state index in [1.807, 2.05) is 24.3 Å². The van der Waals surface area contributed by atoms with E-state index in [0.29, 0.717) is 11.0 Å². The van der Waals surface area contributed by atoms with Crippen molar-refractivity contribution in [2.45, 2.75) is 19.0 Å². The van der Waals surface area contributed by atoms with Crippen LogP contribution in [0.1, 0.15) is 12.8 Å². The molecule has 0 fully saturated rings. The van der Waals surface area contributed by atoms with Gasteiger partial charge in [0.2, 0.25) is 0 Å². The Hall–Kier alpha value is -1.79. The molecule has 7 heteroatoms. The molecule has 25 heavy (non-hydrogen) atoms. The molecule has 3 rings (SSSR count). The number of phenols is 1. The maximum atomic E-state index is 11.2. The molecule has 0 amide bonds. The molecule has 2 aromatic carbocycles. The van der Waals surface area contributed by atoms with Gasteiger partial charge in [-0.2, -0.15) is 25.8 Å². The Labute approximate surface area is 153 Å². The first kappa shape index (κ1) is 19.5. The molecule has 1 N–H and O–H groups in total. The van der Waals surface area contributed by atoms with Gasteiger partial charge in [-0.25, -0.2) is 0 Å². The van der Waals surface area contributed by atoms with Gasteiger partial charge in [0.05, 0.1) is 0 Å². The lowest BCUT2D eigenvalue weighted by atomic mass is 10.0. The van der Waals surface area contributed by atoms with Gasteiger partial charge in [-0.15, -0.1) is 0 Å². The van der Waals surface area contributed by atoms with Gasteiger partial charge in [0.25, 0.3) is 0 Å². The number of phenolic OH excluding ortho intramolecular Hbond substituents is 1. The van der Waals surface area contributed by atoms with E-state index in [-0.39, 0.29) is 12.2 Å². The lowest BCUT2D eigenvalue weighted by Gasteiger charge is -2.02. The van der Waals surface area contributed by atoms with Crippen LogP contribution in [-0.2, 0) is 0 Å². The van der Waals surface area contributed by atoms with E-state index in [2.05, 4.69) is 12.6 Å². The van der Waals surface area contributed by atoms with E-state index < -0.39 is 12.6 Å². The van der Waals surface area contributed by atoms with Crippen LogP contribution >= 0.6 is 24.2 Å². The summed E-state index contributed by atoms with van der Waals surface area (Å²) in [5.74, 6) is 0.539. The first-order chi connectivity index (χ1) is 11.8. The van der Waals surface area contributed by atoms with Crippen LogP contribution in [0.3, 0.4) is 0 Å². The monoisotopic (exact) mass is 388 g/mol. The lowest BCUT2D eigenvalue weighted by molar-refractivity contribution is -0.134. The Kier molecular flexibility index (Phi) is 6.67. The van der Waals surface area contributed by atoms with Gasteiger partial charge in [0, 0.05) is 23.4 Å². The number of furan rings is 1. The topological polar surface area (TPSA) is 33.4 Å². The molecule has 0 saturated heterocycles. The molecule has 0 radical (unpaired) electrons. The summed E-state index contributed by atoms with van der Waals surface area (Å²) in [7, 11) is 0. The summed E-state index contributed by atoms with van der Waals surface area (Å²) in [4.78, 5) is 0. The number of alkyl halides is 3. The minimum absolute atomic E-state index is 0.118. The summed E-state index contributed by atoms with van der Waals surface area (Å²) in [6, 6.07) is 14.7. The van der Waals surface area contributed by atoms with E-state index in [0.717, 1.165) is 22.1 Å². The maximum Gasteiger partial charge on any atom is 0.389 e. The minimum Gasteiger partial charge on any atom is -0.508 e. The highest BCUT2D eigenvalue weighted by molar-refractivity contribution is 7.80. The van der Waals surface area contributed by atoms with Gasteiger partial charge < -0.3 is 9.52 Å². The number of hydrogen-bond donors (Lipinski definition) is 2. The van der Waals surface area contributed by atoms with Crippen LogP contribution < -0.4 is 0 Å². The van der Waals surface area contributed by atoms with Gasteiger partial charge in [0.15, 0.2) is 5.22 Å². The zero-order chi connectivity index (χ0) is 18.4. The largest absolute Gasteiger partial charge is 0.508 e. The summed E-state index contributed by atoms with van der Waals surface area (Å²) in [5.41, 5.74) is 2.56. The van der Waals surface area contributed by atoms with Crippen molar-refractivity contribution in [1.82, 2.24) is 0 Å². The molecule has 0 unspecified atom stereocenters.